The lowest BCUT2D eigenvalue weighted by molar-refractivity contribution is 0.262. The maximum absolute atomic E-state index is 5.82. The fraction of sp³-hybridized carbons (Fsp3) is 0.286. The summed E-state index contributed by atoms with van der Waals surface area (Å²) >= 11 is 1.68. The van der Waals surface area contributed by atoms with Crippen molar-refractivity contribution in [3.05, 3.63) is 47.9 Å². The summed E-state index contributed by atoms with van der Waals surface area (Å²) in [7, 11) is 1.92. The molecular weight excluding hydrogens is 246 g/mol. The van der Waals surface area contributed by atoms with Crippen LogP contribution in [0.1, 0.15) is 11.3 Å². The van der Waals surface area contributed by atoms with Crippen molar-refractivity contribution in [3.63, 3.8) is 0 Å². The highest BCUT2D eigenvalue weighted by Crippen LogP contribution is 2.27. The van der Waals surface area contributed by atoms with E-state index in [-0.39, 0.29) is 0 Å². The number of para-hydroxylation sites is 1. The van der Waals surface area contributed by atoms with E-state index in [4.69, 9.17) is 9.15 Å². The quantitative estimate of drug-likeness (QED) is 0.811. The Kier molecular flexibility index (Phi) is 4.73. The number of benzene rings is 1. The zero-order valence-electron chi connectivity index (χ0n) is 10.6. The number of hydrogen-bond donors (Lipinski definition) is 1. The van der Waals surface area contributed by atoms with E-state index in [2.05, 4.69) is 11.4 Å². The number of rotatable bonds is 6. The lowest BCUT2D eigenvalue weighted by Gasteiger charge is -2.09. The van der Waals surface area contributed by atoms with E-state index in [1.807, 2.05) is 37.6 Å². The van der Waals surface area contributed by atoms with Gasteiger partial charge in [0.15, 0.2) is 0 Å². The lowest BCUT2D eigenvalue weighted by atomic mass is 10.2. The molecule has 96 valence electrons. The van der Waals surface area contributed by atoms with E-state index >= 15 is 0 Å². The fourth-order valence-electron chi connectivity index (χ4n) is 1.72. The summed E-state index contributed by atoms with van der Waals surface area (Å²) in [5.41, 5.74) is 1.14. The molecule has 0 saturated carbocycles. The molecule has 0 aliphatic carbocycles. The van der Waals surface area contributed by atoms with Gasteiger partial charge in [-0.1, -0.05) is 12.1 Å². The third kappa shape index (κ3) is 3.09. The highest BCUT2D eigenvalue weighted by Gasteiger charge is 2.08. The minimum Gasteiger partial charge on any atom is -0.484 e. The van der Waals surface area contributed by atoms with Gasteiger partial charge in [-0.25, -0.2) is 0 Å². The van der Waals surface area contributed by atoms with Gasteiger partial charge in [0, 0.05) is 17.0 Å². The minimum atomic E-state index is 0.460. The molecular formula is C14H17NO2S. The van der Waals surface area contributed by atoms with Crippen LogP contribution in [0.4, 0.5) is 0 Å². The van der Waals surface area contributed by atoms with Crippen LogP contribution in [0.15, 0.2) is 45.9 Å². The highest BCUT2D eigenvalue weighted by atomic mass is 32.2. The van der Waals surface area contributed by atoms with Crippen molar-refractivity contribution in [1.29, 1.82) is 0 Å². The van der Waals surface area contributed by atoms with Crippen molar-refractivity contribution >= 4 is 11.8 Å². The summed E-state index contributed by atoms with van der Waals surface area (Å²) in [5.74, 6) is 1.78. The van der Waals surface area contributed by atoms with Gasteiger partial charge < -0.3 is 14.5 Å². The van der Waals surface area contributed by atoms with Gasteiger partial charge in [-0.3, -0.25) is 0 Å². The Morgan fingerprint density at radius 2 is 2.11 bits per heavy atom. The molecule has 3 nitrogen and oxygen atoms in total. The van der Waals surface area contributed by atoms with Crippen molar-refractivity contribution in [2.24, 2.45) is 0 Å². The van der Waals surface area contributed by atoms with Gasteiger partial charge in [-0.05, 0) is 31.5 Å². The number of ether oxygens (including phenoxy) is 1. The van der Waals surface area contributed by atoms with Crippen LogP contribution in [-0.4, -0.2) is 13.3 Å². The molecule has 0 bridgehead atoms. The zero-order valence-corrected chi connectivity index (χ0v) is 11.4. The molecule has 0 aliphatic heterocycles. The first-order chi connectivity index (χ1) is 8.85. The van der Waals surface area contributed by atoms with Crippen molar-refractivity contribution in [2.75, 3.05) is 13.3 Å². The molecule has 4 heteroatoms. The van der Waals surface area contributed by atoms with Gasteiger partial charge in [-0.15, -0.1) is 11.8 Å². The van der Waals surface area contributed by atoms with Crippen LogP contribution in [0.5, 0.6) is 5.75 Å². The molecule has 0 saturated heterocycles. The summed E-state index contributed by atoms with van der Waals surface area (Å²) in [6.45, 7) is 1.25. The molecule has 0 spiro atoms. The van der Waals surface area contributed by atoms with Gasteiger partial charge in [0.1, 0.15) is 18.1 Å². The van der Waals surface area contributed by atoms with Gasteiger partial charge in [0.2, 0.25) is 0 Å². The topological polar surface area (TPSA) is 34.4 Å². The van der Waals surface area contributed by atoms with Gasteiger partial charge in [-0.2, -0.15) is 0 Å². The molecule has 1 heterocycles. The Labute approximate surface area is 112 Å². The van der Waals surface area contributed by atoms with E-state index in [9.17, 15) is 0 Å². The van der Waals surface area contributed by atoms with Crippen LogP contribution < -0.4 is 10.1 Å². The van der Waals surface area contributed by atoms with Crippen molar-refractivity contribution < 1.29 is 9.15 Å². The molecule has 2 aromatic rings. The van der Waals surface area contributed by atoms with Crippen LogP contribution in [0, 0.1) is 0 Å². The fourth-order valence-corrected chi connectivity index (χ4v) is 2.27. The molecule has 18 heavy (non-hydrogen) atoms. The molecule has 0 radical (unpaired) electrons. The van der Waals surface area contributed by atoms with Gasteiger partial charge in [0.25, 0.3) is 0 Å². The summed E-state index contributed by atoms with van der Waals surface area (Å²) in [4.78, 5) is 1.14. The SMILES string of the molecule is CNCc1ccoc1COc1ccccc1SC. The van der Waals surface area contributed by atoms with Crippen LogP contribution in [0.25, 0.3) is 0 Å². The summed E-state index contributed by atoms with van der Waals surface area (Å²) < 4.78 is 11.3. The van der Waals surface area contributed by atoms with Crippen LogP contribution in [0.2, 0.25) is 0 Å². The number of nitrogens with one attached hydrogen (secondary N) is 1. The highest BCUT2D eigenvalue weighted by molar-refractivity contribution is 7.98. The van der Waals surface area contributed by atoms with Crippen LogP contribution in [0.3, 0.4) is 0 Å². The monoisotopic (exact) mass is 263 g/mol. The smallest absolute Gasteiger partial charge is 0.146 e. The van der Waals surface area contributed by atoms with Gasteiger partial charge in [0.05, 0.1) is 6.26 Å². The Bertz CT molecular complexity index is 496. The largest absolute Gasteiger partial charge is 0.484 e. The predicted molar refractivity (Wildman–Crippen MR) is 74.0 cm³/mol. The molecule has 0 atom stereocenters. The van der Waals surface area contributed by atoms with E-state index in [0.29, 0.717) is 6.61 Å². The molecule has 2 rings (SSSR count). The lowest BCUT2D eigenvalue weighted by Crippen LogP contribution is -2.07. The molecule has 1 N–H and O–H groups in total. The molecule has 1 aromatic heterocycles. The van der Waals surface area contributed by atoms with E-state index in [1.54, 1.807) is 18.0 Å². The van der Waals surface area contributed by atoms with E-state index in [0.717, 1.165) is 28.5 Å². The van der Waals surface area contributed by atoms with Gasteiger partial charge >= 0.3 is 0 Å². The first-order valence-corrected chi connectivity index (χ1v) is 7.03. The summed E-state index contributed by atoms with van der Waals surface area (Å²) in [6.07, 6.45) is 3.74. The summed E-state index contributed by atoms with van der Waals surface area (Å²) in [5, 5.41) is 3.11. The first kappa shape index (κ1) is 13.1. The Balaban J connectivity index is 2.04. The number of hydrogen-bond acceptors (Lipinski definition) is 4. The Morgan fingerprint density at radius 1 is 1.28 bits per heavy atom. The van der Waals surface area contributed by atoms with Crippen LogP contribution >= 0.6 is 11.8 Å². The first-order valence-electron chi connectivity index (χ1n) is 5.81. The maximum Gasteiger partial charge on any atom is 0.146 e. The second kappa shape index (κ2) is 6.52. The number of thioether (sulfide) groups is 1. The standard InChI is InChI=1S/C14H17NO2S/c1-15-9-11-7-8-16-13(11)10-17-12-5-3-4-6-14(12)18-2/h3-8,15H,9-10H2,1-2H3. The summed E-state index contributed by atoms with van der Waals surface area (Å²) in [6, 6.07) is 9.99. The van der Waals surface area contributed by atoms with E-state index < -0.39 is 0 Å². The third-order valence-corrected chi connectivity index (χ3v) is 3.41. The normalized spacial score (nSPS) is 10.6. The third-order valence-electron chi connectivity index (χ3n) is 2.63. The van der Waals surface area contributed by atoms with Crippen LogP contribution in [-0.2, 0) is 13.2 Å². The van der Waals surface area contributed by atoms with Crippen molar-refractivity contribution in [1.82, 2.24) is 5.32 Å². The second-order valence-corrected chi connectivity index (χ2v) is 4.69. The Morgan fingerprint density at radius 3 is 2.89 bits per heavy atom. The van der Waals surface area contributed by atoms with Crippen molar-refractivity contribution in [2.45, 2.75) is 18.0 Å². The second-order valence-electron chi connectivity index (χ2n) is 3.84. The predicted octanol–water partition coefficient (Wildman–Crippen LogP) is 3.30. The van der Waals surface area contributed by atoms with E-state index in [1.165, 1.54) is 0 Å². The zero-order chi connectivity index (χ0) is 12.8. The minimum absolute atomic E-state index is 0.460. The number of furan rings is 1. The average molecular weight is 263 g/mol. The molecule has 0 fully saturated rings. The molecule has 0 unspecified atom stereocenters. The molecule has 1 aromatic carbocycles. The molecule has 0 amide bonds. The Hall–Kier alpha value is -1.39. The average Bonchev–Trinajstić information content (AvgIpc) is 2.84. The maximum atomic E-state index is 5.82. The molecule has 0 aliphatic rings. The van der Waals surface area contributed by atoms with Crippen molar-refractivity contribution in [3.8, 4) is 5.75 Å².